The van der Waals surface area contributed by atoms with Crippen LogP contribution in [0.25, 0.3) is 10.9 Å². The molecule has 0 aliphatic rings. The van der Waals surface area contributed by atoms with Crippen LogP contribution in [-0.4, -0.2) is 23.1 Å². The summed E-state index contributed by atoms with van der Waals surface area (Å²) < 4.78 is 0. The molecule has 0 radical (unpaired) electrons. The fourth-order valence-corrected chi connectivity index (χ4v) is 1.91. The van der Waals surface area contributed by atoms with Gasteiger partial charge in [0.2, 0.25) is 0 Å². The van der Waals surface area contributed by atoms with Gasteiger partial charge < -0.3 is 10.4 Å². The Bertz CT molecular complexity index is 579. The third kappa shape index (κ3) is 1.93. The van der Waals surface area contributed by atoms with Crippen LogP contribution in [0.2, 0.25) is 0 Å². The molecule has 0 aliphatic carbocycles. The van der Waals surface area contributed by atoms with Gasteiger partial charge in [0, 0.05) is 18.1 Å². The van der Waals surface area contributed by atoms with Crippen molar-refractivity contribution in [3.05, 3.63) is 35.5 Å². The van der Waals surface area contributed by atoms with Gasteiger partial charge in [-0.25, -0.2) is 9.78 Å². The van der Waals surface area contributed by atoms with Gasteiger partial charge in [-0.15, -0.1) is 0 Å². The van der Waals surface area contributed by atoms with E-state index in [1.807, 2.05) is 25.1 Å². The molecular formula is C13H14N2O2. The van der Waals surface area contributed by atoms with Gasteiger partial charge in [0.25, 0.3) is 0 Å². The Hall–Kier alpha value is -2.10. The minimum atomic E-state index is -1.01. The molecule has 0 unspecified atom stereocenters. The predicted octanol–water partition coefficient (Wildman–Crippen LogP) is 2.54. The maximum absolute atomic E-state index is 11.0. The summed E-state index contributed by atoms with van der Waals surface area (Å²) in [4.78, 5) is 15.2. The number of nitrogens with zero attached hydrogens (tertiary/aromatic N) is 1. The summed E-state index contributed by atoms with van der Waals surface area (Å²) in [6.45, 7) is 2.03. The molecule has 4 heteroatoms. The molecule has 4 nitrogen and oxygen atoms in total. The Balaban J connectivity index is 2.82. The van der Waals surface area contributed by atoms with E-state index in [2.05, 4.69) is 10.3 Å². The lowest BCUT2D eigenvalue weighted by atomic mass is 10.1. The number of carboxylic acid groups (broad SMARTS) is 1. The Morgan fingerprint density at radius 2 is 2.24 bits per heavy atom. The number of hydrogen-bond acceptors (Lipinski definition) is 3. The SMILES string of the molecule is CCc1cccc2c(NC)cc(C(=O)O)nc12. The Morgan fingerprint density at radius 3 is 2.82 bits per heavy atom. The topological polar surface area (TPSA) is 62.2 Å². The minimum absolute atomic E-state index is 0.0720. The summed E-state index contributed by atoms with van der Waals surface area (Å²) in [5, 5.41) is 13.0. The number of carboxylic acids is 1. The Kier molecular flexibility index (Phi) is 2.95. The van der Waals surface area contributed by atoms with Crippen molar-refractivity contribution in [2.45, 2.75) is 13.3 Å². The van der Waals surface area contributed by atoms with Crippen LogP contribution in [0.1, 0.15) is 23.0 Å². The van der Waals surface area contributed by atoms with Crippen LogP contribution in [0, 0.1) is 0 Å². The molecule has 88 valence electrons. The number of rotatable bonds is 3. The van der Waals surface area contributed by atoms with Gasteiger partial charge in [0.1, 0.15) is 0 Å². The van der Waals surface area contributed by atoms with Crippen molar-refractivity contribution in [1.82, 2.24) is 4.98 Å². The first kappa shape index (κ1) is 11.4. The van der Waals surface area contributed by atoms with E-state index < -0.39 is 5.97 Å². The smallest absolute Gasteiger partial charge is 0.354 e. The van der Waals surface area contributed by atoms with Crippen LogP contribution in [0.5, 0.6) is 0 Å². The number of benzene rings is 1. The van der Waals surface area contributed by atoms with E-state index >= 15 is 0 Å². The second kappa shape index (κ2) is 4.41. The van der Waals surface area contributed by atoms with Gasteiger partial charge in [-0.1, -0.05) is 25.1 Å². The highest BCUT2D eigenvalue weighted by Crippen LogP contribution is 2.25. The minimum Gasteiger partial charge on any atom is -0.477 e. The van der Waals surface area contributed by atoms with Crippen LogP contribution in [0.15, 0.2) is 24.3 Å². The van der Waals surface area contributed by atoms with Gasteiger partial charge in [0.15, 0.2) is 5.69 Å². The van der Waals surface area contributed by atoms with E-state index in [1.165, 1.54) is 0 Å². The highest BCUT2D eigenvalue weighted by molar-refractivity contribution is 5.98. The van der Waals surface area contributed by atoms with Crippen molar-refractivity contribution >= 4 is 22.6 Å². The molecule has 2 N–H and O–H groups in total. The molecule has 0 atom stereocenters. The monoisotopic (exact) mass is 230 g/mol. The van der Waals surface area contributed by atoms with Crippen LogP contribution >= 0.6 is 0 Å². The second-order valence-electron chi connectivity index (χ2n) is 3.78. The second-order valence-corrected chi connectivity index (χ2v) is 3.78. The fourth-order valence-electron chi connectivity index (χ4n) is 1.91. The molecule has 0 spiro atoms. The molecule has 2 aromatic rings. The van der Waals surface area contributed by atoms with E-state index in [-0.39, 0.29) is 5.69 Å². The molecule has 0 bridgehead atoms. The summed E-state index contributed by atoms with van der Waals surface area (Å²) in [6, 6.07) is 7.44. The van der Waals surface area contributed by atoms with Crippen LogP contribution < -0.4 is 5.32 Å². The van der Waals surface area contributed by atoms with E-state index in [0.717, 1.165) is 28.6 Å². The highest BCUT2D eigenvalue weighted by atomic mass is 16.4. The lowest BCUT2D eigenvalue weighted by Crippen LogP contribution is -2.04. The number of aromatic carboxylic acids is 1. The predicted molar refractivity (Wildman–Crippen MR) is 67.6 cm³/mol. The third-order valence-corrected chi connectivity index (χ3v) is 2.79. The quantitative estimate of drug-likeness (QED) is 0.850. The molecule has 0 saturated carbocycles. The lowest BCUT2D eigenvalue weighted by Gasteiger charge is -2.09. The molecule has 1 heterocycles. The summed E-state index contributed by atoms with van der Waals surface area (Å²) in [5.74, 6) is -1.01. The normalized spacial score (nSPS) is 10.5. The highest BCUT2D eigenvalue weighted by Gasteiger charge is 2.11. The van der Waals surface area contributed by atoms with Crippen molar-refractivity contribution in [2.24, 2.45) is 0 Å². The fraction of sp³-hybridized carbons (Fsp3) is 0.231. The average Bonchev–Trinajstić information content (AvgIpc) is 2.36. The van der Waals surface area contributed by atoms with Crippen LogP contribution in [0.4, 0.5) is 5.69 Å². The number of aryl methyl sites for hydroxylation is 1. The van der Waals surface area contributed by atoms with Gasteiger partial charge in [-0.3, -0.25) is 0 Å². The summed E-state index contributed by atoms with van der Waals surface area (Å²) >= 11 is 0. The van der Waals surface area contributed by atoms with Gasteiger partial charge in [0.05, 0.1) is 5.52 Å². The van der Waals surface area contributed by atoms with E-state index in [1.54, 1.807) is 13.1 Å². The van der Waals surface area contributed by atoms with E-state index in [9.17, 15) is 4.79 Å². The first-order valence-corrected chi connectivity index (χ1v) is 5.51. The number of aromatic nitrogens is 1. The van der Waals surface area contributed by atoms with Crippen molar-refractivity contribution < 1.29 is 9.90 Å². The number of para-hydroxylation sites is 1. The summed E-state index contributed by atoms with van der Waals surface area (Å²) in [6.07, 6.45) is 0.830. The molecule has 0 saturated heterocycles. The number of hydrogen-bond donors (Lipinski definition) is 2. The number of nitrogens with one attached hydrogen (secondary N) is 1. The molecule has 0 fully saturated rings. The van der Waals surface area contributed by atoms with Crippen molar-refractivity contribution in [2.75, 3.05) is 12.4 Å². The zero-order chi connectivity index (χ0) is 12.4. The Morgan fingerprint density at radius 1 is 1.47 bits per heavy atom. The number of fused-ring (bicyclic) bond motifs is 1. The largest absolute Gasteiger partial charge is 0.477 e. The van der Waals surface area contributed by atoms with Crippen LogP contribution in [-0.2, 0) is 6.42 Å². The standard InChI is InChI=1S/C13H14N2O2/c1-3-8-5-4-6-9-10(14-2)7-11(13(16)17)15-12(8)9/h4-7H,3H2,1-2H3,(H,14,15)(H,16,17). The van der Waals surface area contributed by atoms with E-state index in [4.69, 9.17) is 5.11 Å². The number of anilines is 1. The maximum atomic E-state index is 11.0. The van der Waals surface area contributed by atoms with Crippen molar-refractivity contribution in [3.8, 4) is 0 Å². The zero-order valence-corrected chi connectivity index (χ0v) is 9.82. The Labute approximate surface area is 99.3 Å². The lowest BCUT2D eigenvalue weighted by molar-refractivity contribution is 0.0691. The molecule has 1 aromatic heterocycles. The van der Waals surface area contributed by atoms with Crippen molar-refractivity contribution in [1.29, 1.82) is 0 Å². The van der Waals surface area contributed by atoms with E-state index in [0.29, 0.717) is 0 Å². The van der Waals surface area contributed by atoms with Crippen molar-refractivity contribution in [3.63, 3.8) is 0 Å². The zero-order valence-electron chi connectivity index (χ0n) is 9.82. The maximum Gasteiger partial charge on any atom is 0.354 e. The first-order valence-electron chi connectivity index (χ1n) is 5.51. The summed E-state index contributed by atoms with van der Waals surface area (Å²) in [5.41, 5.74) is 2.69. The van der Waals surface area contributed by atoms with Crippen LogP contribution in [0.3, 0.4) is 0 Å². The molecule has 1 aromatic carbocycles. The van der Waals surface area contributed by atoms with Gasteiger partial charge in [-0.2, -0.15) is 0 Å². The summed E-state index contributed by atoms with van der Waals surface area (Å²) in [7, 11) is 1.78. The molecule has 17 heavy (non-hydrogen) atoms. The molecular weight excluding hydrogens is 216 g/mol. The van der Waals surface area contributed by atoms with Gasteiger partial charge >= 0.3 is 5.97 Å². The molecule has 0 aliphatic heterocycles. The number of carbonyl (C=O) groups is 1. The third-order valence-electron chi connectivity index (χ3n) is 2.79. The molecule has 2 rings (SSSR count). The average molecular weight is 230 g/mol. The van der Waals surface area contributed by atoms with Gasteiger partial charge in [-0.05, 0) is 18.1 Å². The molecule has 0 amide bonds. The first-order chi connectivity index (χ1) is 8.17. The number of pyridine rings is 1.